The summed E-state index contributed by atoms with van der Waals surface area (Å²) in [6.45, 7) is 3.51. The van der Waals surface area contributed by atoms with Gasteiger partial charge in [-0.3, -0.25) is 4.79 Å². The highest BCUT2D eigenvalue weighted by molar-refractivity contribution is 5.66. The smallest absolute Gasteiger partial charge is 0.142 e. The lowest BCUT2D eigenvalue weighted by molar-refractivity contribution is -0.104. The zero-order valence-corrected chi connectivity index (χ0v) is 6.81. The maximum absolute atomic E-state index is 9.97. The summed E-state index contributed by atoms with van der Waals surface area (Å²) in [5.74, 6) is 0. The molecule has 0 fully saturated rings. The van der Waals surface area contributed by atoms with E-state index in [2.05, 4.69) is 6.58 Å². The number of rotatable bonds is 5. The van der Waals surface area contributed by atoms with Crippen LogP contribution in [0.5, 0.6) is 0 Å². The molecule has 0 amide bonds. The fourth-order valence-corrected chi connectivity index (χ4v) is 0.642. The van der Waals surface area contributed by atoms with E-state index < -0.39 is 0 Å². The molecular formula is C10H12O2. The van der Waals surface area contributed by atoms with Crippen LogP contribution in [0.25, 0.3) is 0 Å². The lowest BCUT2D eigenvalue weighted by Gasteiger charge is -1.88. The first-order chi connectivity index (χ1) is 5.85. The van der Waals surface area contributed by atoms with Gasteiger partial charge >= 0.3 is 0 Å². The first kappa shape index (κ1) is 10.6. The van der Waals surface area contributed by atoms with Gasteiger partial charge in [-0.2, -0.15) is 0 Å². The highest BCUT2D eigenvalue weighted by Gasteiger charge is 1.81. The third kappa shape index (κ3) is 5.38. The molecular weight excluding hydrogens is 152 g/mol. The van der Waals surface area contributed by atoms with Gasteiger partial charge in [-0.25, -0.2) is 0 Å². The molecule has 0 aromatic carbocycles. The van der Waals surface area contributed by atoms with Crippen LogP contribution in [0, 0.1) is 0 Å². The fraction of sp³-hybridized carbons (Fsp3) is 0.100. The van der Waals surface area contributed by atoms with Crippen LogP contribution >= 0.6 is 0 Å². The van der Waals surface area contributed by atoms with Gasteiger partial charge in [0, 0.05) is 0 Å². The third-order valence-electron chi connectivity index (χ3n) is 1.09. The average molecular weight is 164 g/mol. The van der Waals surface area contributed by atoms with Gasteiger partial charge in [0.25, 0.3) is 0 Å². The van der Waals surface area contributed by atoms with Crippen molar-refractivity contribution in [2.45, 2.75) is 0 Å². The highest BCUT2D eigenvalue weighted by atomic mass is 16.2. The predicted molar refractivity (Wildman–Crippen MR) is 49.7 cm³/mol. The van der Waals surface area contributed by atoms with Crippen LogP contribution in [-0.4, -0.2) is 18.0 Å². The van der Waals surface area contributed by atoms with Crippen LogP contribution in [0.1, 0.15) is 0 Å². The molecule has 0 radical (unpaired) electrons. The zero-order valence-electron chi connectivity index (χ0n) is 6.81. The van der Waals surface area contributed by atoms with E-state index >= 15 is 0 Å². The molecule has 0 heterocycles. The standard InChI is InChI=1S/C10H12O2/c1-2-5-10(6-3-8-11)7-4-9-12/h2-8,12H,1,9H2/b6-3+,7-4-,10-5-. The molecule has 0 aromatic heterocycles. The molecule has 0 aliphatic heterocycles. The minimum atomic E-state index is -0.0105. The molecule has 0 bridgehead atoms. The summed E-state index contributed by atoms with van der Waals surface area (Å²) in [4.78, 5) is 9.97. The highest BCUT2D eigenvalue weighted by Crippen LogP contribution is 1.98. The van der Waals surface area contributed by atoms with Crippen molar-refractivity contribution in [1.29, 1.82) is 0 Å². The Bertz CT molecular complexity index is 222. The summed E-state index contributed by atoms with van der Waals surface area (Å²) in [6, 6.07) is 0. The summed E-state index contributed by atoms with van der Waals surface area (Å²) in [7, 11) is 0. The molecule has 0 rings (SSSR count). The van der Waals surface area contributed by atoms with E-state index in [1.54, 1.807) is 30.4 Å². The molecule has 2 heteroatoms. The van der Waals surface area contributed by atoms with Gasteiger partial charge in [-0.05, 0) is 11.6 Å². The molecule has 0 aliphatic rings. The van der Waals surface area contributed by atoms with Gasteiger partial charge in [0.2, 0.25) is 0 Å². The van der Waals surface area contributed by atoms with E-state index in [1.165, 1.54) is 6.08 Å². The molecule has 0 spiro atoms. The number of carbonyl (C=O) groups excluding carboxylic acids is 1. The number of aliphatic hydroxyl groups is 1. The van der Waals surface area contributed by atoms with E-state index in [4.69, 9.17) is 5.11 Å². The fourth-order valence-electron chi connectivity index (χ4n) is 0.642. The SMILES string of the molecule is C=C/C=C(\C=C/CO)/C=C/C=O. The first-order valence-corrected chi connectivity index (χ1v) is 3.57. The summed E-state index contributed by atoms with van der Waals surface area (Å²) in [5, 5.41) is 8.48. The molecule has 64 valence electrons. The Hall–Kier alpha value is -1.41. The Morgan fingerprint density at radius 3 is 2.67 bits per heavy atom. The van der Waals surface area contributed by atoms with Gasteiger partial charge in [0.1, 0.15) is 6.29 Å². The Morgan fingerprint density at radius 1 is 1.42 bits per heavy atom. The number of hydrogen-bond donors (Lipinski definition) is 1. The second-order valence-corrected chi connectivity index (χ2v) is 1.98. The van der Waals surface area contributed by atoms with Crippen molar-refractivity contribution >= 4 is 6.29 Å². The molecule has 12 heavy (non-hydrogen) atoms. The van der Waals surface area contributed by atoms with E-state index in [9.17, 15) is 4.79 Å². The maximum atomic E-state index is 9.97. The van der Waals surface area contributed by atoms with Crippen LogP contribution in [0.4, 0.5) is 0 Å². The molecule has 0 saturated carbocycles. The molecule has 1 N–H and O–H groups in total. The van der Waals surface area contributed by atoms with Crippen LogP contribution in [-0.2, 0) is 4.79 Å². The number of carbonyl (C=O) groups is 1. The second kappa shape index (κ2) is 7.69. The Balaban J connectivity index is 4.33. The third-order valence-corrected chi connectivity index (χ3v) is 1.09. The Morgan fingerprint density at radius 2 is 2.17 bits per heavy atom. The monoisotopic (exact) mass is 164 g/mol. The topological polar surface area (TPSA) is 37.3 Å². The van der Waals surface area contributed by atoms with Crippen LogP contribution in [0.3, 0.4) is 0 Å². The Kier molecular flexibility index (Phi) is 6.79. The summed E-state index contributed by atoms with van der Waals surface area (Å²) >= 11 is 0. The van der Waals surface area contributed by atoms with E-state index in [1.807, 2.05) is 0 Å². The van der Waals surface area contributed by atoms with Crippen molar-refractivity contribution in [3.05, 3.63) is 48.6 Å². The van der Waals surface area contributed by atoms with Gasteiger partial charge in [-0.1, -0.05) is 37.0 Å². The van der Waals surface area contributed by atoms with Crippen LogP contribution in [0.15, 0.2) is 48.6 Å². The number of aldehydes is 1. The van der Waals surface area contributed by atoms with Crippen LogP contribution < -0.4 is 0 Å². The summed E-state index contributed by atoms with van der Waals surface area (Å²) in [5.41, 5.74) is 0.825. The minimum Gasteiger partial charge on any atom is -0.392 e. The Labute approximate surface area is 72.2 Å². The van der Waals surface area contributed by atoms with Crippen LogP contribution in [0.2, 0.25) is 0 Å². The average Bonchev–Trinajstić information content (AvgIpc) is 2.10. The van der Waals surface area contributed by atoms with Crippen molar-refractivity contribution < 1.29 is 9.90 Å². The van der Waals surface area contributed by atoms with Crippen molar-refractivity contribution in [3.8, 4) is 0 Å². The zero-order chi connectivity index (χ0) is 9.23. The quantitative estimate of drug-likeness (QED) is 0.379. The molecule has 2 nitrogen and oxygen atoms in total. The minimum absolute atomic E-state index is 0.0105. The molecule has 0 aliphatic carbocycles. The van der Waals surface area contributed by atoms with Crippen molar-refractivity contribution in [3.63, 3.8) is 0 Å². The van der Waals surface area contributed by atoms with Gasteiger partial charge < -0.3 is 5.11 Å². The number of hydrogen-bond acceptors (Lipinski definition) is 2. The first-order valence-electron chi connectivity index (χ1n) is 3.57. The molecule has 0 saturated heterocycles. The molecule has 0 aromatic rings. The van der Waals surface area contributed by atoms with E-state index in [-0.39, 0.29) is 6.61 Å². The normalized spacial score (nSPS) is 12.6. The largest absolute Gasteiger partial charge is 0.392 e. The predicted octanol–water partition coefficient (Wildman–Crippen LogP) is 1.40. The number of allylic oxidation sites excluding steroid dienone is 6. The lowest BCUT2D eigenvalue weighted by atomic mass is 10.2. The number of aliphatic hydroxyl groups excluding tert-OH is 1. The summed E-state index contributed by atoms with van der Waals surface area (Å²) < 4.78 is 0. The van der Waals surface area contributed by atoms with Crippen molar-refractivity contribution in [1.82, 2.24) is 0 Å². The van der Waals surface area contributed by atoms with E-state index in [0.29, 0.717) is 6.29 Å². The van der Waals surface area contributed by atoms with Gasteiger partial charge in [0.05, 0.1) is 6.61 Å². The van der Waals surface area contributed by atoms with Gasteiger partial charge in [-0.15, -0.1) is 0 Å². The molecule has 0 unspecified atom stereocenters. The van der Waals surface area contributed by atoms with Crippen molar-refractivity contribution in [2.75, 3.05) is 6.61 Å². The van der Waals surface area contributed by atoms with E-state index in [0.717, 1.165) is 5.57 Å². The van der Waals surface area contributed by atoms with Crippen molar-refractivity contribution in [2.24, 2.45) is 0 Å². The summed E-state index contributed by atoms with van der Waals surface area (Å²) in [6.07, 6.45) is 10.4. The second-order valence-electron chi connectivity index (χ2n) is 1.98. The van der Waals surface area contributed by atoms with Gasteiger partial charge in [0.15, 0.2) is 0 Å². The molecule has 0 atom stereocenters. The maximum Gasteiger partial charge on any atom is 0.142 e. The lowest BCUT2D eigenvalue weighted by Crippen LogP contribution is -1.75.